The molecule has 3 nitrogen and oxygen atoms in total. The number of halogens is 3. The zero-order chi connectivity index (χ0) is 20.1. The SMILES string of the molecule is CC(C)CCCc1nc(-c2ccc(S(=O)(=O)CCCC(F)(F)F)cc2)cs1. The van der Waals surface area contributed by atoms with E-state index >= 15 is 0 Å². The second kappa shape index (κ2) is 9.19. The Bertz CT molecular complexity index is 825. The lowest BCUT2D eigenvalue weighted by atomic mass is 10.1. The fraction of sp³-hybridized carbons (Fsp3) is 0.526. The van der Waals surface area contributed by atoms with Crippen LogP contribution in [0.5, 0.6) is 0 Å². The van der Waals surface area contributed by atoms with Crippen molar-refractivity contribution >= 4 is 21.2 Å². The van der Waals surface area contributed by atoms with E-state index in [4.69, 9.17) is 0 Å². The molecule has 0 saturated carbocycles. The maximum absolute atomic E-state index is 12.2. The second-order valence-electron chi connectivity index (χ2n) is 6.97. The maximum atomic E-state index is 12.2. The van der Waals surface area contributed by atoms with Gasteiger partial charge in [-0.3, -0.25) is 0 Å². The van der Waals surface area contributed by atoms with Crippen LogP contribution in [0, 0.1) is 5.92 Å². The number of thiazole rings is 1. The Morgan fingerprint density at radius 1 is 1.11 bits per heavy atom. The Hall–Kier alpha value is -1.41. The molecule has 0 fully saturated rings. The van der Waals surface area contributed by atoms with Crippen LogP contribution in [-0.2, 0) is 16.3 Å². The predicted octanol–water partition coefficient (Wildman–Crippen LogP) is 5.91. The Morgan fingerprint density at radius 2 is 1.78 bits per heavy atom. The second-order valence-corrected chi connectivity index (χ2v) is 10.0. The fourth-order valence-corrected chi connectivity index (χ4v) is 4.79. The minimum absolute atomic E-state index is 0.0424. The monoisotopic (exact) mass is 419 g/mol. The van der Waals surface area contributed by atoms with E-state index in [0.29, 0.717) is 5.92 Å². The number of benzene rings is 1. The number of nitrogens with zero attached hydrogens (tertiary/aromatic N) is 1. The molecule has 0 spiro atoms. The summed E-state index contributed by atoms with van der Waals surface area (Å²) in [6.07, 6.45) is -2.71. The van der Waals surface area contributed by atoms with Crippen LogP contribution in [0.25, 0.3) is 11.3 Å². The number of aromatic nitrogens is 1. The quantitative estimate of drug-likeness (QED) is 0.508. The van der Waals surface area contributed by atoms with Gasteiger partial charge >= 0.3 is 6.18 Å². The minimum atomic E-state index is -4.34. The molecular weight excluding hydrogens is 395 g/mol. The van der Waals surface area contributed by atoms with Crippen LogP contribution in [0.2, 0.25) is 0 Å². The molecule has 0 radical (unpaired) electrons. The average Bonchev–Trinajstić information content (AvgIpc) is 3.02. The first-order valence-corrected chi connectivity index (χ1v) is 11.4. The van der Waals surface area contributed by atoms with Gasteiger partial charge in [-0.1, -0.05) is 32.4 Å². The lowest BCUT2D eigenvalue weighted by Crippen LogP contribution is -2.12. The van der Waals surface area contributed by atoms with Crippen molar-refractivity contribution in [2.45, 2.75) is 57.0 Å². The predicted molar refractivity (Wildman–Crippen MR) is 103 cm³/mol. The van der Waals surface area contributed by atoms with Crippen LogP contribution in [0.15, 0.2) is 34.5 Å². The molecule has 0 aliphatic carbocycles. The lowest BCUT2D eigenvalue weighted by molar-refractivity contribution is -0.134. The molecule has 0 amide bonds. The Kier molecular flexibility index (Phi) is 7.45. The molecule has 2 aromatic rings. The highest BCUT2D eigenvalue weighted by molar-refractivity contribution is 7.91. The molecule has 0 unspecified atom stereocenters. The van der Waals surface area contributed by atoms with Crippen LogP contribution in [0.1, 0.15) is 44.5 Å². The number of hydrogen-bond donors (Lipinski definition) is 0. The Morgan fingerprint density at radius 3 is 2.37 bits per heavy atom. The summed E-state index contributed by atoms with van der Waals surface area (Å²) in [5, 5.41) is 2.99. The molecule has 0 aliphatic rings. The van der Waals surface area contributed by atoms with Gasteiger partial charge in [0.25, 0.3) is 0 Å². The number of aryl methyl sites for hydroxylation is 1. The van der Waals surface area contributed by atoms with Gasteiger partial charge in [0.15, 0.2) is 9.84 Å². The smallest absolute Gasteiger partial charge is 0.241 e. The molecule has 1 heterocycles. The van der Waals surface area contributed by atoms with Crippen molar-refractivity contribution < 1.29 is 21.6 Å². The van der Waals surface area contributed by atoms with Crippen molar-refractivity contribution in [2.24, 2.45) is 5.92 Å². The first-order chi connectivity index (χ1) is 12.6. The van der Waals surface area contributed by atoms with Gasteiger partial charge in [-0.05, 0) is 37.3 Å². The molecule has 1 aromatic carbocycles. The van der Waals surface area contributed by atoms with E-state index in [1.165, 1.54) is 12.1 Å². The highest BCUT2D eigenvalue weighted by atomic mass is 32.2. The Balaban J connectivity index is 1.99. The third kappa shape index (κ3) is 7.25. The van der Waals surface area contributed by atoms with Gasteiger partial charge in [0.05, 0.1) is 21.3 Å². The molecule has 0 atom stereocenters. The van der Waals surface area contributed by atoms with Crippen molar-refractivity contribution in [1.29, 1.82) is 0 Å². The summed E-state index contributed by atoms with van der Waals surface area (Å²) >= 11 is 1.58. The van der Waals surface area contributed by atoms with Crippen LogP contribution in [0.3, 0.4) is 0 Å². The zero-order valence-electron chi connectivity index (χ0n) is 15.4. The molecule has 0 aliphatic heterocycles. The molecular formula is C19H24F3NO2S2. The highest BCUT2D eigenvalue weighted by Crippen LogP contribution is 2.26. The number of hydrogen-bond acceptors (Lipinski definition) is 4. The molecule has 0 saturated heterocycles. The maximum Gasteiger partial charge on any atom is 0.389 e. The van der Waals surface area contributed by atoms with Crippen molar-refractivity contribution in [3.63, 3.8) is 0 Å². The van der Waals surface area contributed by atoms with E-state index < -0.39 is 34.6 Å². The summed E-state index contributed by atoms with van der Waals surface area (Å²) < 4.78 is 60.9. The van der Waals surface area contributed by atoms with Crippen molar-refractivity contribution in [2.75, 3.05) is 5.75 Å². The van der Waals surface area contributed by atoms with E-state index in [-0.39, 0.29) is 4.90 Å². The third-order valence-corrected chi connectivity index (χ3v) is 6.83. The summed E-state index contributed by atoms with van der Waals surface area (Å²) in [6, 6.07) is 6.19. The molecule has 150 valence electrons. The number of alkyl halides is 3. The van der Waals surface area contributed by atoms with Gasteiger partial charge in [0.1, 0.15) is 0 Å². The lowest BCUT2D eigenvalue weighted by Gasteiger charge is -2.07. The minimum Gasteiger partial charge on any atom is -0.241 e. The van der Waals surface area contributed by atoms with Gasteiger partial charge in [-0.25, -0.2) is 13.4 Å². The molecule has 8 heteroatoms. The fourth-order valence-electron chi connectivity index (χ4n) is 2.63. The first kappa shape index (κ1) is 21.9. The summed E-state index contributed by atoms with van der Waals surface area (Å²) in [7, 11) is -3.71. The summed E-state index contributed by atoms with van der Waals surface area (Å²) in [5.41, 5.74) is 1.59. The summed E-state index contributed by atoms with van der Waals surface area (Å²) in [4.78, 5) is 4.63. The van der Waals surface area contributed by atoms with Crippen molar-refractivity contribution in [1.82, 2.24) is 4.98 Å². The van der Waals surface area contributed by atoms with E-state index in [1.807, 2.05) is 5.38 Å². The normalized spacial score (nSPS) is 12.7. The summed E-state index contributed by atoms with van der Waals surface area (Å²) in [6.45, 7) is 4.37. The molecule has 0 bridgehead atoms. The largest absolute Gasteiger partial charge is 0.389 e. The standard InChI is InChI=1S/C19H24F3NO2S2/c1-14(2)5-3-6-18-23-17(13-26-18)15-7-9-16(10-8-15)27(24,25)12-4-11-19(20,21)22/h7-10,13-14H,3-6,11-12H2,1-2H3. The van der Waals surface area contributed by atoms with Gasteiger partial charge in [0.2, 0.25) is 0 Å². The van der Waals surface area contributed by atoms with Crippen molar-refractivity contribution in [3.05, 3.63) is 34.7 Å². The highest BCUT2D eigenvalue weighted by Gasteiger charge is 2.27. The Labute approximate surface area is 162 Å². The molecule has 2 rings (SSSR count). The van der Waals surface area contributed by atoms with Crippen LogP contribution in [-0.4, -0.2) is 25.3 Å². The van der Waals surface area contributed by atoms with Gasteiger partial charge < -0.3 is 0 Å². The molecule has 27 heavy (non-hydrogen) atoms. The first-order valence-electron chi connectivity index (χ1n) is 8.91. The number of sulfone groups is 1. The third-order valence-electron chi connectivity index (χ3n) is 4.11. The van der Waals surface area contributed by atoms with Gasteiger partial charge in [-0.15, -0.1) is 11.3 Å². The average molecular weight is 420 g/mol. The van der Waals surface area contributed by atoms with Gasteiger partial charge in [-0.2, -0.15) is 13.2 Å². The van der Waals surface area contributed by atoms with Crippen LogP contribution in [0.4, 0.5) is 13.2 Å². The van der Waals surface area contributed by atoms with E-state index in [1.54, 1.807) is 23.5 Å². The molecule has 0 N–H and O–H groups in total. The topological polar surface area (TPSA) is 47.0 Å². The van der Waals surface area contributed by atoms with Crippen LogP contribution < -0.4 is 0 Å². The summed E-state index contributed by atoms with van der Waals surface area (Å²) in [5.74, 6) is 0.151. The van der Waals surface area contributed by atoms with Gasteiger partial charge in [0, 0.05) is 17.4 Å². The zero-order valence-corrected chi connectivity index (χ0v) is 17.1. The molecule has 1 aromatic heterocycles. The number of rotatable bonds is 9. The van der Waals surface area contributed by atoms with E-state index in [2.05, 4.69) is 18.8 Å². The van der Waals surface area contributed by atoms with Crippen molar-refractivity contribution in [3.8, 4) is 11.3 Å². The van der Waals surface area contributed by atoms with E-state index in [0.717, 1.165) is 35.5 Å². The van der Waals surface area contributed by atoms with Crippen LogP contribution >= 0.6 is 11.3 Å². The van der Waals surface area contributed by atoms with E-state index in [9.17, 15) is 21.6 Å².